The number of carbonyl (C=O) groups is 1. The largest absolute Gasteiger partial charge is 0.395 e. The highest BCUT2D eigenvalue weighted by molar-refractivity contribution is 7.19. The highest BCUT2D eigenvalue weighted by atomic mass is 32.1. The van der Waals surface area contributed by atoms with E-state index >= 15 is 0 Å². The van der Waals surface area contributed by atoms with Gasteiger partial charge < -0.3 is 10.4 Å². The minimum atomic E-state index is -0.382. The van der Waals surface area contributed by atoms with Gasteiger partial charge in [-0.3, -0.25) is 4.79 Å². The third kappa shape index (κ3) is 1.90. The molecule has 3 heterocycles. The van der Waals surface area contributed by atoms with E-state index in [1.54, 1.807) is 22.2 Å². The Bertz CT molecular complexity index is 853. The molecule has 108 valence electrons. The maximum Gasteiger partial charge on any atom is 0.291 e. The summed E-state index contributed by atoms with van der Waals surface area (Å²) in [7, 11) is 0. The first kappa shape index (κ1) is 12.7. The van der Waals surface area contributed by atoms with Crippen molar-refractivity contribution in [2.45, 2.75) is 19.3 Å². The molecule has 0 fully saturated rings. The molecule has 3 aromatic heterocycles. The first-order chi connectivity index (χ1) is 10.3. The fourth-order valence-electron chi connectivity index (χ4n) is 2.74. The molecule has 0 unspecified atom stereocenters. The molecule has 0 spiro atoms. The summed E-state index contributed by atoms with van der Waals surface area (Å²) in [5.41, 5.74) is 2.00. The van der Waals surface area contributed by atoms with Gasteiger partial charge in [-0.1, -0.05) is 0 Å². The Morgan fingerprint density at radius 2 is 2.38 bits per heavy atom. The standard InChI is InChI=1S/C13H13N5O2S/c19-5-4-14-12(20)10-16-11-9-7-2-1-3-8(7)21-13(9)15-6-18(11)17-10/h6,19H,1-5H2,(H,14,20). The smallest absolute Gasteiger partial charge is 0.291 e. The molecule has 0 radical (unpaired) electrons. The van der Waals surface area contributed by atoms with E-state index < -0.39 is 0 Å². The summed E-state index contributed by atoms with van der Waals surface area (Å²) in [6.45, 7) is 0.0822. The first-order valence-electron chi connectivity index (χ1n) is 6.82. The van der Waals surface area contributed by atoms with Gasteiger partial charge in [0.2, 0.25) is 5.82 Å². The molecule has 0 aliphatic heterocycles. The lowest BCUT2D eigenvalue weighted by atomic mass is 10.2. The number of rotatable bonds is 3. The molecule has 0 aromatic carbocycles. The summed E-state index contributed by atoms with van der Waals surface area (Å²) in [6, 6.07) is 0. The second-order valence-corrected chi connectivity index (χ2v) is 6.05. The number of carbonyl (C=O) groups excluding carboxylic acids is 1. The Morgan fingerprint density at radius 1 is 1.48 bits per heavy atom. The quantitative estimate of drug-likeness (QED) is 0.737. The van der Waals surface area contributed by atoms with E-state index in [9.17, 15) is 4.79 Å². The van der Waals surface area contributed by atoms with Crippen LogP contribution in [0.3, 0.4) is 0 Å². The molecule has 4 rings (SSSR count). The molecule has 0 saturated heterocycles. The normalized spacial score (nSPS) is 14.0. The van der Waals surface area contributed by atoms with Crippen LogP contribution in [0.4, 0.5) is 0 Å². The van der Waals surface area contributed by atoms with Crippen molar-refractivity contribution in [2.75, 3.05) is 13.2 Å². The van der Waals surface area contributed by atoms with Crippen molar-refractivity contribution < 1.29 is 9.90 Å². The monoisotopic (exact) mass is 303 g/mol. The maximum atomic E-state index is 11.9. The van der Waals surface area contributed by atoms with Gasteiger partial charge >= 0.3 is 0 Å². The molecule has 21 heavy (non-hydrogen) atoms. The van der Waals surface area contributed by atoms with Crippen LogP contribution in [-0.2, 0) is 12.8 Å². The van der Waals surface area contributed by atoms with Gasteiger partial charge in [0.25, 0.3) is 5.91 Å². The van der Waals surface area contributed by atoms with Gasteiger partial charge in [-0.2, -0.15) is 0 Å². The molecule has 0 bridgehead atoms. The predicted octanol–water partition coefficient (Wildman–Crippen LogP) is 0.550. The molecule has 2 N–H and O–H groups in total. The van der Waals surface area contributed by atoms with Crippen LogP contribution in [0.25, 0.3) is 15.9 Å². The van der Waals surface area contributed by atoms with E-state index in [1.807, 2.05) is 0 Å². The fourth-order valence-corrected chi connectivity index (χ4v) is 3.96. The number of aryl methyl sites for hydroxylation is 2. The predicted molar refractivity (Wildman–Crippen MR) is 77.6 cm³/mol. The van der Waals surface area contributed by atoms with E-state index in [0.717, 1.165) is 29.5 Å². The molecular weight excluding hydrogens is 290 g/mol. The van der Waals surface area contributed by atoms with Crippen molar-refractivity contribution in [2.24, 2.45) is 0 Å². The van der Waals surface area contributed by atoms with Gasteiger partial charge in [0.1, 0.15) is 11.2 Å². The minimum absolute atomic E-state index is 0.107. The number of amides is 1. The van der Waals surface area contributed by atoms with Gasteiger partial charge in [-0.25, -0.2) is 14.5 Å². The van der Waals surface area contributed by atoms with Crippen molar-refractivity contribution in [3.63, 3.8) is 0 Å². The van der Waals surface area contributed by atoms with Gasteiger partial charge in [-0.05, 0) is 24.8 Å². The van der Waals surface area contributed by atoms with E-state index in [2.05, 4.69) is 20.4 Å². The molecule has 8 heteroatoms. The number of nitrogens with zero attached hydrogens (tertiary/aromatic N) is 4. The molecule has 7 nitrogen and oxygen atoms in total. The topological polar surface area (TPSA) is 92.4 Å². The third-order valence-electron chi connectivity index (χ3n) is 3.64. The minimum Gasteiger partial charge on any atom is -0.395 e. The molecule has 0 atom stereocenters. The van der Waals surface area contributed by atoms with Crippen LogP contribution in [0.1, 0.15) is 27.5 Å². The molecule has 1 aliphatic rings. The zero-order chi connectivity index (χ0) is 14.4. The number of thiophene rings is 1. The average molecular weight is 303 g/mol. The number of hydrogen-bond acceptors (Lipinski definition) is 6. The van der Waals surface area contributed by atoms with E-state index in [-0.39, 0.29) is 24.9 Å². The summed E-state index contributed by atoms with van der Waals surface area (Å²) < 4.78 is 1.56. The maximum absolute atomic E-state index is 11.9. The van der Waals surface area contributed by atoms with Crippen LogP contribution in [0, 0.1) is 0 Å². The fraction of sp³-hybridized carbons (Fsp3) is 0.385. The summed E-state index contributed by atoms with van der Waals surface area (Å²) >= 11 is 1.71. The Balaban J connectivity index is 1.87. The van der Waals surface area contributed by atoms with Gasteiger partial charge in [0, 0.05) is 11.4 Å². The average Bonchev–Trinajstić information content (AvgIpc) is 3.15. The van der Waals surface area contributed by atoms with Crippen molar-refractivity contribution in [1.82, 2.24) is 24.9 Å². The summed E-state index contributed by atoms with van der Waals surface area (Å²) in [6.07, 6.45) is 4.89. The number of nitrogens with one attached hydrogen (secondary N) is 1. The summed E-state index contributed by atoms with van der Waals surface area (Å²) in [5, 5.41) is 16.5. The van der Waals surface area contributed by atoms with Crippen LogP contribution in [0.5, 0.6) is 0 Å². The zero-order valence-electron chi connectivity index (χ0n) is 11.2. The molecule has 1 amide bonds. The van der Waals surface area contributed by atoms with Crippen LogP contribution in [0.2, 0.25) is 0 Å². The van der Waals surface area contributed by atoms with Crippen molar-refractivity contribution in [1.29, 1.82) is 0 Å². The highest BCUT2D eigenvalue weighted by Crippen LogP contribution is 2.37. The van der Waals surface area contributed by atoms with Gasteiger partial charge in [-0.15, -0.1) is 16.4 Å². The van der Waals surface area contributed by atoms with Crippen LogP contribution in [-0.4, -0.2) is 43.7 Å². The lowest BCUT2D eigenvalue weighted by molar-refractivity contribution is 0.0934. The second-order valence-electron chi connectivity index (χ2n) is 4.97. The van der Waals surface area contributed by atoms with Crippen LogP contribution < -0.4 is 5.32 Å². The number of aromatic nitrogens is 4. The van der Waals surface area contributed by atoms with Crippen molar-refractivity contribution >= 4 is 33.1 Å². The number of hydrogen-bond donors (Lipinski definition) is 2. The van der Waals surface area contributed by atoms with Crippen molar-refractivity contribution in [3.05, 3.63) is 22.6 Å². The van der Waals surface area contributed by atoms with Crippen molar-refractivity contribution in [3.8, 4) is 0 Å². The van der Waals surface area contributed by atoms with Gasteiger partial charge in [0.05, 0.1) is 12.0 Å². The zero-order valence-corrected chi connectivity index (χ0v) is 12.0. The number of fused-ring (bicyclic) bond motifs is 5. The SMILES string of the molecule is O=C(NCCO)c1nc2c3c4c(sc3ncn2n1)CCC4. The number of aliphatic hydroxyl groups excluding tert-OH is 1. The van der Waals surface area contributed by atoms with E-state index in [1.165, 1.54) is 10.4 Å². The summed E-state index contributed by atoms with van der Waals surface area (Å²) in [4.78, 5) is 23.0. The Labute approximate surface area is 123 Å². The van der Waals surface area contributed by atoms with E-state index in [0.29, 0.717) is 5.65 Å². The Kier molecular flexibility index (Phi) is 2.86. The van der Waals surface area contributed by atoms with Crippen LogP contribution in [0.15, 0.2) is 6.33 Å². The first-order valence-corrected chi connectivity index (χ1v) is 7.64. The molecule has 0 saturated carbocycles. The molecule has 3 aromatic rings. The highest BCUT2D eigenvalue weighted by Gasteiger charge is 2.22. The Hall–Kier alpha value is -2.06. The molecule has 1 aliphatic carbocycles. The van der Waals surface area contributed by atoms with Gasteiger partial charge in [0.15, 0.2) is 5.65 Å². The van der Waals surface area contributed by atoms with E-state index in [4.69, 9.17) is 5.11 Å². The molecular formula is C13H13N5O2S. The summed E-state index contributed by atoms with van der Waals surface area (Å²) in [5.74, 6) is -0.275. The number of aliphatic hydroxyl groups is 1. The Morgan fingerprint density at radius 3 is 3.24 bits per heavy atom. The second kappa shape index (κ2) is 4.74. The van der Waals surface area contributed by atoms with Crippen LogP contribution >= 0.6 is 11.3 Å². The lowest BCUT2D eigenvalue weighted by Gasteiger charge is -1.96. The third-order valence-corrected chi connectivity index (χ3v) is 4.84. The lowest BCUT2D eigenvalue weighted by Crippen LogP contribution is -2.27.